The molecule has 0 bridgehead atoms. The van der Waals surface area contributed by atoms with E-state index in [1.165, 1.54) is 44.9 Å². The van der Waals surface area contributed by atoms with Crippen molar-refractivity contribution < 1.29 is 9.90 Å². The van der Waals surface area contributed by atoms with Crippen LogP contribution >= 0.6 is 0 Å². The minimum Gasteiger partial charge on any atom is -0.550 e. The van der Waals surface area contributed by atoms with Crippen molar-refractivity contribution in [2.24, 2.45) is 0 Å². The van der Waals surface area contributed by atoms with Gasteiger partial charge in [-0.2, -0.15) is 0 Å². The van der Waals surface area contributed by atoms with Gasteiger partial charge in [-0.15, -0.1) is 0 Å². The van der Waals surface area contributed by atoms with E-state index >= 15 is 0 Å². The normalized spacial score (nSPS) is 12.6. The summed E-state index contributed by atoms with van der Waals surface area (Å²) in [5.41, 5.74) is 0. The van der Waals surface area contributed by atoms with E-state index in [2.05, 4.69) is 67.7 Å². The number of hydrogen-bond acceptors (Lipinski definition) is 2. The summed E-state index contributed by atoms with van der Waals surface area (Å²) in [6.07, 6.45) is 39.7. The van der Waals surface area contributed by atoms with Crippen molar-refractivity contribution in [3.05, 3.63) is 60.8 Å². The van der Waals surface area contributed by atoms with Crippen LogP contribution in [0.3, 0.4) is 0 Å². The molecule has 2 nitrogen and oxygen atoms in total. The molecule has 0 amide bonds. The van der Waals surface area contributed by atoms with Gasteiger partial charge in [-0.05, 0) is 64.2 Å². The lowest BCUT2D eigenvalue weighted by Gasteiger charge is -2.01. The van der Waals surface area contributed by atoms with Crippen LogP contribution in [0.2, 0.25) is 0 Å². The van der Waals surface area contributed by atoms with Gasteiger partial charge < -0.3 is 9.90 Å². The van der Waals surface area contributed by atoms with Gasteiger partial charge in [-0.1, -0.05) is 106 Å². The van der Waals surface area contributed by atoms with Crippen LogP contribution in [0, 0.1) is 0 Å². The zero-order valence-electron chi connectivity index (χ0n) is 19.4. The molecule has 0 aromatic heterocycles. The van der Waals surface area contributed by atoms with E-state index in [0.29, 0.717) is 0 Å². The molecule has 170 valence electrons. The monoisotopic (exact) mass is 413 g/mol. The van der Waals surface area contributed by atoms with Crippen LogP contribution in [-0.2, 0) is 4.79 Å². The summed E-state index contributed by atoms with van der Waals surface area (Å²) in [7, 11) is 0. The fraction of sp³-hybridized carbons (Fsp3) is 0.607. The molecular weight excluding hydrogens is 368 g/mol. The maximum Gasteiger partial charge on any atom is 0.0414 e. The van der Waals surface area contributed by atoms with E-state index in [4.69, 9.17) is 0 Å². The predicted octanol–water partition coefficient (Wildman–Crippen LogP) is 7.78. The highest BCUT2D eigenvalue weighted by Crippen LogP contribution is 2.09. The summed E-state index contributed by atoms with van der Waals surface area (Å²) in [6, 6.07) is 0. The first kappa shape index (κ1) is 28.2. The minimum atomic E-state index is -0.922. The van der Waals surface area contributed by atoms with Crippen molar-refractivity contribution in [2.45, 2.75) is 110 Å². The summed E-state index contributed by atoms with van der Waals surface area (Å²) in [4.78, 5) is 10.3. The van der Waals surface area contributed by atoms with Gasteiger partial charge in [0, 0.05) is 5.97 Å². The SMILES string of the molecule is CCCCC/C=C\C/C=C\C/C=C\C/C=C\C/C=C\CCCCCCCCC(=O)[O-]. The van der Waals surface area contributed by atoms with Crippen molar-refractivity contribution in [2.75, 3.05) is 0 Å². The second kappa shape index (κ2) is 25.2. The summed E-state index contributed by atoms with van der Waals surface area (Å²) < 4.78 is 0. The Labute approximate surface area is 186 Å². The number of carboxylic acids is 1. The average molecular weight is 414 g/mol. The van der Waals surface area contributed by atoms with Gasteiger partial charge in [-0.25, -0.2) is 0 Å². The van der Waals surface area contributed by atoms with Crippen LogP contribution < -0.4 is 5.11 Å². The molecule has 0 N–H and O–H groups in total. The van der Waals surface area contributed by atoms with Crippen LogP contribution in [0.15, 0.2) is 60.8 Å². The first-order chi connectivity index (χ1) is 14.8. The minimum absolute atomic E-state index is 0.209. The quantitative estimate of drug-likeness (QED) is 0.142. The van der Waals surface area contributed by atoms with E-state index in [1.54, 1.807) is 0 Å². The molecule has 0 fully saturated rings. The molecule has 0 aromatic rings. The molecule has 0 aliphatic rings. The van der Waals surface area contributed by atoms with Crippen molar-refractivity contribution in [1.82, 2.24) is 0 Å². The number of aliphatic carboxylic acids is 1. The Balaban J connectivity index is 3.39. The van der Waals surface area contributed by atoms with Crippen molar-refractivity contribution in [1.29, 1.82) is 0 Å². The Bertz CT molecular complexity index is 509. The second-order valence-corrected chi connectivity index (χ2v) is 7.83. The molecule has 0 unspecified atom stereocenters. The van der Waals surface area contributed by atoms with Crippen LogP contribution in [0.4, 0.5) is 0 Å². The maximum absolute atomic E-state index is 10.3. The maximum atomic E-state index is 10.3. The first-order valence-electron chi connectivity index (χ1n) is 12.2. The number of hydrogen-bond donors (Lipinski definition) is 0. The summed E-state index contributed by atoms with van der Waals surface area (Å²) in [6.45, 7) is 2.24. The smallest absolute Gasteiger partial charge is 0.0414 e. The lowest BCUT2D eigenvalue weighted by Crippen LogP contribution is -2.21. The van der Waals surface area contributed by atoms with Gasteiger partial charge in [0.05, 0.1) is 0 Å². The Hall–Kier alpha value is -1.83. The molecular formula is C28H45O2-. The average Bonchev–Trinajstić information content (AvgIpc) is 2.73. The Morgan fingerprint density at radius 3 is 1.33 bits per heavy atom. The van der Waals surface area contributed by atoms with Gasteiger partial charge in [0.25, 0.3) is 0 Å². The van der Waals surface area contributed by atoms with E-state index in [1.807, 2.05) is 0 Å². The van der Waals surface area contributed by atoms with Crippen LogP contribution in [0.5, 0.6) is 0 Å². The summed E-state index contributed by atoms with van der Waals surface area (Å²) in [5.74, 6) is -0.922. The van der Waals surface area contributed by atoms with Gasteiger partial charge in [0.15, 0.2) is 0 Å². The number of carbonyl (C=O) groups is 1. The number of carbonyl (C=O) groups excluding carboxylic acids is 1. The Morgan fingerprint density at radius 1 is 0.533 bits per heavy atom. The van der Waals surface area contributed by atoms with Gasteiger partial charge in [-0.3, -0.25) is 0 Å². The highest BCUT2D eigenvalue weighted by Gasteiger charge is 1.91. The third-order valence-electron chi connectivity index (χ3n) is 4.90. The van der Waals surface area contributed by atoms with Crippen molar-refractivity contribution in [3.8, 4) is 0 Å². The Kier molecular flexibility index (Phi) is 23.7. The number of carboxylic acid groups (broad SMARTS) is 1. The topological polar surface area (TPSA) is 40.1 Å². The van der Waals surface area contributed by atoms with Gasteiger partial charge >= 0.3 is 0 Å². The van der Waals surface area contributed by atoms with Crippen LogP contribution in [-0.4, -0.2) is 5.97 Å². The second-order valence-electron chi connectivity index (χ2n) is 7.83. The number of allylic oxidation sites excluding steroid dienone is 10. The molecule has 0 aromatic carbocycles. The molecule has 0 heterocycles. The standard InChI is InChI=1S/C28H46O2/c1-2-3-4-5-6-7-8-9-10-11-12-13-14-15-16-17-18-19-20-21-22-23-24-25-26-27-28(29)30/h6-7,9-10,12-13,15-16,18-19H,2-5,8,11,14,17,20-27H2,1H3,(H,29,30)/p-1/b7-6-,10-9-,13-12-,16-15-,19-18-. The molecule has 0 atom stereocenters. The van der Waals surface area contributed by atoms with E-state index in [9.17, 15) is 9.90 Å². The zero-order chi connectivity index (χ0) is 22.0. The molecule has 0 rings (SSSR count). The Morgan fingerprint density at radius 2 is 0.900 bits per heavy atom. The largest absolute Gasteiger partial charge is 0.550 e. The first-order valence-corrected chi connectivity index (χ1v) is 12.2. The molecule has 0 radical (unpaired) electrons. The molecule has 0 spiro atoms. The van der Waals surface area contributed by atoms with Crippen LogP contribution in [0.1, 0.15) is 110 Å². The summed E-state index contributed by atoms with van der Waals surface area (Å²) in [5, 5.41) is 10.3. The number of rotatable bonds is 21. The molecule has 0 saturated carbocycles. The highest BCUT2D eigenvalue weighted by molar-refractivity contribution is 5.64. The molecule has 2 heteroatoms. The lowest BCUT2D eigenvalue weighted by atomic mass is 10.1. The highest BCUT2D eigenvalue weighted by atomic mass is 16.4. The van der Waals surface area contributed by atoms with E-state index in [-0.39, 0.29) is 6.42 Å². The van der Waals surface area contributed by atoms with Crippen molar-refractivity contribution >= 4 is 5.97 Å². The van der Waals surface area contributed by atoms with Crippen LogP contribution in [0.25, 0.3) is 0 Å². The third kappa shape index (κ3) is 26.2. The fourth-order valence-corrected chi connectivity index (χ4v) is 3.07. The molecule has 30 heavy (non-hydrogen) atoms. The predicted molar refractivity (Wildman–Crippen MR) is 130 cm³/mol. The van der Waals surface area contributed by atoms with Gasteiger partial charge in [0.2, 0.25) is 0 Å². The third-order valence-corrected chi connectivity index (χ3v) is 4.90. The number of unbranched alkanes of at least 4 members (excludes halogenated alkanes) is 9. The molecule has 0 saturated heterocycles. The lowest BCUT2D eigenvalue weighted by molar-refractivity contribution is -0.305. The fourth-order valence-electron chi connectivity index (χ4n) is 3.07. The van der Waals surface area contributed by atoms with Gasteiger partial charge in [0.1, 0.15) is 0 Å². The van der Waals surface area contributed by atoms with E-state index in [0.717, 1.165) is 51.4 Å². The van der Waals surface area contributed by atoms with Crippen molar-refractivity contribution in [3.63, 3.8) is 0 Å². The zero-order valence-corrected chi connectivity index (χ0v) is 19.4. The molecule has 0 aliphatic carbocycles. The molecule has 0 aliphatic heterocycles. The summed E-state index contributed by atoms with van der Waals surface area (Å²) >= 11 is 0. The van der Waals surface area contributed by atoms with E-state index < -0.39 is 5.97 Å².